The molecule has 7 rings (SSSR count). The third-order valence-corrected chi connectivity index (χ3v) is 17.9. The summed E-state index contributed by atoms with van der Waals surface area (Å²) in [6.07, 6.45) is 27.7. The van der Waals surface area contributed by atoms with Crippen LogP contribution in [0.1, 0.15) is 196 Å². The van der Waals surface area contributed by atoms with Gasteiger partial charge in [0, 0.05) is 92.7 Å². The van der Waals surface area contributed by atoms with Gasteiger partial charge >= 0.3 is 0 Å². The van der Waals surface area contributed by atoms with Crippen molar-refractivity contribution in [3.05, 3.63) is 176 Å². The van der Waals surface area contributed by atoms with Gasteiger partial charge in [0.05, 0.1) is 14.8 Å². The molecule has 7 aromatic carbocycles. The summed E-state index contributed by atoms with van der Waals surface area (Å²) in [5.74, 6) is 0. The van der Waals surface area contributed by atoms with Gasteiger partial charge in [0.1, 0.15) is 0 Å². The first kappa shape index (κ1) is 69.6. The lowest BCUT2D eigenvalue weighted by molar-refractivity contribution is -0.385. The van der Waals surface area contributed by atoms with Crippen LogP contribution in [0, 0.1) is 30.3 Å². The Balaban J connectivity index is 1.65. The van der Waals surface area contributed by atoms with Crippen LogP contribution < -0.4 is 14.7 Å². The fraction of sp³-hybridized carbons (Fsp3) is 0.462. The first-order chi connectivity index (χ1) is 44.0. The topological polar surface area (TPSA) is 139 Å². The van der Waals surface area contributed by atoms with E-state index < -0.39 is 0 Å². The van der Waals surface area contributed by atoms with Crippen LogP contribution >= 0.6 is 0 Å². The van der Waals surface area contributed by atoms with Gasteiger partial charge in [0.15, 0.2) is 0 Å². The Morgan fingerprint density at radius 3 is 0.533 bits per heavy atom. The molecular weight excluding hydrogens is 1120 g/mol. The number of hydrogen-bond acceptors (Lipinski definition) is 9. The molecule has 480 valence electrons. The third-order valence-electron chi connectivity index (χ3n) is 17.9. The number of benzene rings is 7. The number of nitro benzene ring substituents is 3. The second-order valence-electron chi connectivity index (χ2n) is 24.6. The average molecular weight is 1220 g/mol. The van der Waals surface area contributed by atoms with Crippen molar-refractivity contribution in [2.45, 2.75) is 196 Å². The predicted octanol–water partition coefficient (Wildman–Crippen LogP) is 23.3. The smallest absolute Gasteiger partial charge is 0.269 e. The van der Waals surface area contributed by atoms with E-state index in [1.165, 1.54) is 38.5 Å². The highest BCUT2D eigenvalue weighted by atomic mass is 16.6. The van der Waals surface area contributed by atoms with Crippen LogP contribution in [-0.4, -0.2) is 54.0 Å². The number of non-ortho nitro benzene ring substituents is 3. The van der Waals surface area contributed by atoms with Crippen LogP contribution in [0.25, 0.3) is 66.8 Å². The summed E-state index contributed by atoms with van der Waals surface area (Å²) in [5.41, 5.74) is 13.2. The van der Waals surface area contributed by atoms with Crippen LogP contribution in [0.15, 0.2) is 146 Å². The van der Waals surface area contributed by atoms with E-state index in [9.17, 15) is 30.3 Å². The largest absolute Gasteiger partial charge is 0.372 e. The molecule has 0 amide bonds. The van der Waals surface area contributed by atoms with Gasteiger partial charge in [0.25, 0.3) is 17.1 Å². The van der Waals surface area contributed by atoms with Gasteiger partial charge in [-0.05, 0) is 178 Å². The molecule has 0 atom stereocenters. The molecule has 0 fully saturated rings. The molecule has 0 aliphatic rings. The minimum atomic E-state index is -0.371. The summed E-state index contributed by atoms with van der Waals surface area (Å²) in [7, 11) is 0. The van der Waals surface area contributed by atoms with E-state index in [4.69, 9.17) is 0 Å². The number of nitro groups is 3. The normalized spacial score (nSPS) is 11.3. The Morgan fingerprint density at radius 2 is 0.389 bits per heavy atom. The number of hydrogen-bond donors (Lipinski definition) is 0. The minimum Gasteiger partial charge on any atom is -0.372 e. The molecule has 0 aliphatic carbocycles. The Labute approximate surface area is 538 Å². The zero-order valence-electron chi connectivity index (χ0n) is 55.2. The maximum Gasteiger partial charge on any atom is 0.269 e. The fourth-order valence-corrected chi connectivity index (χ4v) is 12.7. The van der Waals surface area contributed by atoms with E-state index >= 15 is 0 Å². The fourth-order valence-electron chi connectivity index (χ4n) is 12.7. The minimum absolute atomic E-state index is 0.0425. The highest BCUT2D eigenvalue weighted by molar-refractivity contribution is 6.15. The maximum absolute atomic E-state index is 12.5. The average Bonchev–Trinajstić information content (AvgIpc) is 0.721. The molecule has 0 aliphatic heterocycles. The standard InChI is InChI=1S/C78H102N6O6/c1-7-13-19-25-55-79(56-26-20-14-8-2)67-43-31-61(32-44-67)73-76(64-37-49-70(50-38-64)82(85)86)74(62-33-45-68(46-34-62)80(57-27-21-15-9-3)58-28-22-16-10-4)78(66-41-53-72(54-42-66)84(89)90)75(77(73)65-39-51-71(52-40-65)83(87)88)63-35-47-69(48-36-63)81(59-29-23-17-11-5)60-30-24-18-12-6/h31-54H,7-30,55-60H2,1-6H3. The highest BCUT2D eigenvalue weighted by Crippen LogP contribution is 2.56. The van der Waals surface area contributed by atoms with Crippen LogP contribution in [0.5, 0.6) is 0 Å². The molecule has 12 heteroatoms. The molecular formula is C78H102N6O6. The van der Waals surface area contributed by atoms with Crippen molar-refractivity contribution in [2.24, 2.45) is 0 Å². The molecule has 0 aromatic heterocycles. The molecule has 0 heterocycles. The Bertz CT molecular complexity index is 2870. The summed E-state index contributed by atoms with van der Waals surface area (Å²) in [6.45, 7) is 19.2. The lowest BCUT2D eigenvalue weighted by atomic mass is 9.74. The summed E-state index contributed by atoms with van der Waals surface area (Å²) in [6, 6.07) is 47.2. The Morgan fingerprint density at radius 1 is 0.233 bits per heavy atom. The van der Waals surface area contributed by atoms with Crippen molar-refractivity contribution in [3.63, 3.8) is 0 Å². The van der Waals surface area contributed by atoms with Crippen LogP contribution in [0.4, 0.5) is 34.1 Å². The molecule has 0 N–H and O–H groups in total. The van der Waals surface area contributed by atoms with E-state index in [2.05, 4.69) is 129 Å². The van der Waals surface area contributed by atoms with Crippen molar-refractivity contribution < 1.29 is 14.8 Å². The number of anilines is 3. The van der Waals surface area contributed by atoms with Gasteiger partial charge in [0.2, 0.25) is 0 Å². The molecule has 0 radical (unpaired) electrons. The second-order valence-corrected chi connectivity index (χ2v) is 24.6. The van der Waals surface area contributed by atoms with Gasteiger partial charge in [-0.25, -0.2) is 0 Å². The Hall–Kier alpha value is -7.86. The van der Waals surface area contributed by atoms with Crippen molar-refractivity contribution in [3.8, 4) is 66.8 Å². The zero-order valence-corrected chi connectivity index (χ0v) is 55.2. The summed E-state index contributed by atoms with van der Waals surface area (Å²) >= 11 is 0. The van der Waals surface area contributed by atoms with Gasteiger partial charge in [-0.2, -0.15) is 0 Å². The van der Waals surface area contributed by atoms with E-state index in [-0.39, 0.29) is 31.8 Å². The zero-order chi connectivity index (χ0) is 64.0. The molecule has 0 unspecified atom stereocenters. The summed E-state index contributed by atoms with van der Waals surface area (Å²) < 4.78 is 0. The lowest BCUT2D eigenvalue weighted by Crippen LogP contribution is -2.25. The third kappa shape index (κ3) is 19.6. The number of rotatable bonds is 42. The number of nitrogens with zero attached hydrogens (tertiary/aromatic N) is 6. The summed E-state index contributed by atoms with van der Waals surface area (Å²) in [5, 5.41) is 37.6. The van der Waals surface area contributed by atoms with Crippen LogP contribution in [0.2, 0.25) is 0 Å². The van der Waals surface area contributed by atoms with Gasteiger partial charge < -0.3 is 14.7 Å². The van der Waals surface area contributed by atoms with Gasteiger partial charge in [-0.1, -0.05) is 194 Å². The molecule has 12 nitrogen and oxygen atoms in total. The van der Waals surface area contributed by atoms with Crippen molar-refractivity contribution >= 4 is 34.1 Å². The van der Waals surface area contributed by atoms with E-state index in [0.717, 1.165) is 239 Å². The molecule has 0 saturated carbocycles. The van der Waals surface area contributed by atoms with Crippen molar-refractivity contribution in [2.75, 3.05) is 54.0 Å². The first-order valence-corrected chi connectivity index (χ1v) is 34.5. The van der Waals surface area contributed by atoms with Crippen molar-refractivity contribution in [1.82, 2.24) is 0 Å². The SMILES string of the molecule is CCCCCCN(CCCCCC)c1ccc(-c2c(-c3ccc([N+](=O)[O-])cc3)c(-c3ccc(N(CCCCCC)CCCCCC)cc3)c(-c3ccc([N+](=O)[O-])cc3)c(-c3ccc(N(CCCCCC)CCCCCC)cc3)c2-c2ccc([N+](=O)[O-])cc2)cc1. The Kier molecular flexibility index (Phi) is 28.9. The van der Waals surface area contributed by atoms with Crippen LogP contribution in [-0.2, 0) is 0 Å². The van der Waals surface area contributed by atoms with E-state index in [0.29, 0.717) is 0 Å². The van der Waals surface area contributed by atoms with Crippen LogP contribution in [0.3, 0.4) is 0 Å². The number of unbranched alkanes of at least 4 members (excludes halogenated alkanes) is 18. The molecule has 0 bridgehead atoms. The molecule has 0 spiro atoms. The monoisotopic (exact) mass is 1220 g/mol. The second kappa shape index (κ2) is 37.3. The molecule has 90 heavy (non-hydrogen) atoms. The highest BCUT2D eigenvalue weighted by Gasteiger charge is 2.31. The summed E-state index contributed by atoms with van der Waals surface area (Å²) in [4.78, 5) is 44.1. The predicted molar refractivity (Wildman–Crippen MR) is 381 cm³/mol. The molecule has 0 saturated heterocycles. The van der Waals surface area contributed by atoms with E-state index in [1.54, 1.807) is 36.4 Å². The lowest BCUT2D eigenvalue weighted by Gasteiger charge is -2.30. The van der Waals surface area contributed by atoms with E-state index in [1.807, 2.05) is 36.4 Å². The van der Waals surface area contributed by atoms with Crippen molar-refractivity contribution in [1.29, 1.82) is 0 Å². The molecule has 7 aromatic rings. The van der Waals surface area contributed by atoms with Gasteiger partial charge in [-0.3, -0.25) is 30.3 Å². The maximum atomic E-state index is 12.5. The quantitative estimate of drug-likeness (QED) is 0.0208. The van der Waals surface area contributed by atoms with Gasteiger partial charge in [-0.15, -0.1) is 0 Å². The first-order valence-electron chi connectivity index (χ1n) is 34.5.